The third-order valence-electron chi connectivity index (χ3n) is 3.74. The number of amides is 2. The predicted octanol–water partition coefficient (Wildman–Crippen LogP) is 0.882. The van der Waals surface area contributed by atoms with Crippen molar-refractivity contribution >= 4 is 23.3 Å². The molecule has 3 aromatic rings. The first-order chi connectivity index (χ1) is 12.3. The number of hydrogen-bond donors (Lipinski definition) is 2. The highest BCUT2D eigenvalue weighted by atomic mass is 16.2. The molecule has 2 aromatic heterocycles. The summed E-state index contributed by atoms with van der Waals surface area (Å²) >= 11 is 0. The van der Waals surface area contributed by atoms with E-state index in [1.165, 1.54) is 4.52 Å². The summed E-state index contributed by atoms with van der Waals surface area (Å²) in [7, 11) is 3.76. The maximum absolute atomic E-state index is 12.2. The number of anilines is 1. The number of carbonyl (C=O) groups excluding carboxylic acids is 2. The van der Waals surface area contributed by atoms with Gasteiger partial charge in [-0.3, -0.25) is 20.4 Å². The highest BCUT2D eigenvalue weighted by Gasteiger charge is 2.16. The topological polar surface area (TPSA) is 105 Å². The Balaban J connectivity index is 1.71. The van der Waals surface area contributed by atoms with Gasteiger partial charge < -0.3 is 4.90 Å². The molecule has 2 heterocycles. The summed E-state index contributed by atoms with van der Waals surface area (Å²) in [5.41, 5.74) is 7.58. The number of aromatic nitrogens is 4. The fraction of sp³-hybridized carbons (Fsp3) is 0.235. The van der Waals surface area contributed by atoms with E-state index in [4.69, 9.17) is 0 Å². The predicted molar refractivity (Wildman–Crippen MR) is 96.0 cm³/mol. The Hall–Kier alpha value is -3.49. The molecule has 0 saturated carbocycles. The number of nitrogens with one attached hydrogen (secondary N) is 2. The molecule has 0 aliphatic carbocycles. The lowest BCUT2D eigenvalue weighted by Crippen LogP contribution is -2.42. The van der Waals surface area contributed by atoms with E-state index < -0.39 is 11.8 Å². The second-order valence-electron chi connectivity index (χ2n) is 6.04. The van der Waals surface area contributed by atoms with E-state index in [1.807, 2.05) is 45.0 Å². The first kappa shape index (κ1) is 17.3. The Morgan fingerprint density at radius 1 is 1.04 bits per heavy atom. The van der Waals surface area contributed by atoms with Crippen LogP contribution in [0.15, 0.2) is 30.3 Å². The number of aryl methyl sites for hydroxylation is 2. The van der Waals surface area contributed by atoms with Gasteiger partial charge in [-0.2, -0.15) is 4.98 Å². The van der Waals surface area contributed by atoms with Crippen LogP contribution in [0.1, 0.15) is 32.4 Å². The largest absolute Gasteiger partial charge is 0.378 e. The number of hydrogen-bond acceptors (Lipinski definition) is 6. The molecule has 1 aromatic carbocycles. The lowest BCUT2D eigenvalue weighted by molar-refractivity contribution is 0.0841. The molecule has 0 radical (unpaired) electrons. The average Bonchev–Trinajstić information content (AvgIpc) is 3.04. The van der Waals surface area contributed by atoms with Crippen LogP contribution in [0.2, 0.25) is 0 Å². The smallest absolute Gasteiger partial charge is 0.309 e. The third kappa shape index (κ3) is 3.46. The van der Waals surface area contributed by atoms with Crippen molar-refractivity contribution in [2.24, 2.45) is 0 Å². The maximum atomic E-state index is 12.2. The lowest BCUT2D eigenvalue weighted by atomic mass is 10.2. The zero-order chi connectivity index (χ0) is 18.8. The van der Waals surface area contributed by atoms with Crippen molar-refractivity contribution in [3.8, 4) is 0 Å². The number of rotatable bonds is 3. The monoisotopic (exact) mass is 353 g/mol. The van der Waals surface area contributed by atoms with Crippen molar-refractivity contribution in [2.45, 2.75) is 13.8 Å². The van der Waals surface area contributed by atoms with E-state index in [0.717, 1.165) is 17.1 Å². The number of carbonyl (C=O) groups is 2. The summed E-state index contributed by atoms with van der Waals surface area (Å²) in [6, 6.07) is 8.87. The van der Waals surface area contributed by atoms with Gasteiger partial charge >= 0.3 is 5.91 Å². The summed E-state index contributed by atoms with van der Waals surface area (Å²) in [5.74, 6) is -0.799. The van der Waals surface area contributed by atoms with E-state index >= 15 is 0 Å². The minimum Gasteiger partial charge on any atom is -0.378 e. The number of hydrazine groups is 1. The van der Waals surface area contributed by atoms with Gasteiger partial charge in [-0.25, -0.2) is 9.50 Å². The molecule has 0 aliphatic heterocycles. The van der Waals surface area contributed by atoms with Gasteiger partial charge in [0.2, 0.25) is 5.82 Å². The highest BCUT2D eigenvalue weighted by molar-refractivity contribution is 5.98. The number of nitrogens with zero attached hydrogens (tertiary/aromatic N) is 5. The minimum absolute atomic E-state index is 0.0754. The van der Waals surface area contributed by atoms with E-state index in [9.17, 15) is 9.59 Å². The van der Waals surface area contributed by atoms with Crippen molar-refractivity contribution in [3.05, 3.63) is 53.1 Å². The average molecular weight is 353 g/mol. The summed E-state index contributed by atoms with van der Waals surface area (Å²) in [6.07, 6.45) is 0. The summed E-state index contributed by atoms with van der Waals surface area (Å²) < 4.78 is 1.48. The van der Waals surface area contributed by atoms with Crippen molar-refractivity contribution in [3.63, 3.8) is 0 Å². The molecule has 2 N–H and O–H groups in total. The van der Waals surface area contributed by atoms with Crippen LogP contribution in [0.5, 0.6) is 0 Å². The second kappa shape index (κ2) is 6.79. The summed E-state index contributed by atoms with van der Waals surface area (Å²) in [5, 5.41) is 4.11. The molecule has 2 amide bonds. The van der Waals surface area contributed by atoms with E-state index in [2.05, 4.69) is 25.9 Å². The zero-order valence-electron chi connectivity index (χ0n) is 14.9. The quantitative estimate of drug-likeness (QED) is 0.678. The molecule has 26 heavy (non-hydrogen) atoms. The fourth-order valence-corrected chi connectivity index (χ4v) is 2.43. The van der Waals surface area contributed by atoms with Gasteiger partial charge in [0.05, 0.1) is 0 Å². The zero-order valence-corrected chi connectivity index (χ0v) is 14.9. The van der Waals surface area contributed by atoms with Crippen LogP contribution in [0.3, 0.4) is 0 Å². The third-order valence-corrected chi connectivity index (χ3v) is 3.74. The lowest BCUT2D eigenvalue weighted by Gasteiger charge is -2.13. The second-order valence-corrected chi connectivity index (χ2v) is 6.04. The van der Waals surface area contributed by atoms with E-state index in [-0.39, 0.29) is 5.82 Å². The molecule has 0 unspecified atom stereocenters. The molecule has 0 atom stereocenters. The SMILES string of the molecule is Cc1cc(C)n2nc(C(=O)NNC(=O)c3cccc(N(C)C)c3)nc2n1. The standard InChI is InChI=1S/C17H19N7O2/c1-10-8-11(2)24-17(18-10)19-14(22-24)16(26)21-20-15(25)12-6-5-7-13(9-12)23(3)4/h5-9H,1-4H3,(H,20,25)(H,21,26). The number of benzene rings is 1. The van der Waals surface area contributed by atoms with Gasteiger partial charge in [0.25, 0.3) is 11.7 Å². The van der Waals surface area contributed by atoms with Crippen LogP contribution in [-0.4, -0.2) is 45.5 Å². The molecule has 3 rings (SSSR count). The molecule has 0 saturated heterocycles. The highest BCUT2D eigenvalue weighted by Crippen LogP contribution is 2.13. The van der Waals surface area contributed by atoms with Crippen molar-refractivity contribution in [1.82, 2.24) is 30.4 Å². The molecular formula is C17H19N7O2. The van der Waals surface area contributed by atoms with E-state index in [1.54, 1.807) is 18.2 Å². The van der Waals surface area contributed by atoms with Gasteiger partial charge in [0.15, 0.2) is 0 Å². The van der Waals surface area contributed by atoms with Gasteiger partial charge in [0, 0.05) is 36.7 Å². The fourth-order valence-electron chi connectivity index (χ4n) is 2.43. The Labute approximate surface area is 150 Å². The van der Waals surface area contributed by atoms with Gasteiger partial charge in [-0.15, -0.1) is 5.10 Å². The Bertz CT molecular complexity index is 994. The van der Waals surface area contributed by atoms with Crippen molar-refractivity contribution < 1.29 is 9.59 Å². The Morgan fingerprint density at radius 3 is 2.50 bits per heavy atom. The normalized spacial score (nSPS) is 10.6. The molecule has 0 fully saturated rings. The van der Waals surface area contributed by atoms with Crippen LogP contribution in [0.25, 0.3) is 5.78 Å². The summed E-state index contributed by atoms with van der Waals surface area (Å²) in [6.45, 7) is 3.68. The Kier molecular flexibility index (Phi) is 4.53. The Morgan fingerprint density at radius 2 is 1.77 bits per heavy atom. The molecule has 9 heteroatoms. The van der Waals surface area contributed by atoms with Gasteiger partial charge in [-0.05, 0) is 38.1 Å². The molecule has 134 valence electrons. The first-order valence-electron chi connectivity index (χ1n) is 7.94. The van der Waals surface area contributed by atoms with Crippen LogP contribution in [0.4, 0.5) is 5.69 Å². The van der Waals surface area contributed by atoms with Gasteiger partial charge in [0.1, 0.15) is 0 Å². The van der Waals surface area contributed by atoms with Gasteiger partial charge in [-0.1, -0.05) is 6.07 Å². The van der Waals surface area contributed by atoms with Crippen LogP contribution in [0, 0.1) is 13.8 Å². The molecule has 0 bridgehead atoms. The first-order valence-corrected chi connectivity index (χ1v) is 7.94. The molecule has 0 spiro atoms. The molecular weight excluding hydrogens is 334 g/mol. The van der Waals surface area contributed by atoms with Crippen molar-refractivity contribution in [2.75, 3.05) is 19.0 Å². The van der Waals surface area contributed by atoms with Crippen LogP contribution in [-0.2, 0) is 0 Å². The maximum Gasteiger partial charge on any atom is 0.309 e. The molecule has 0 aliphatic rings. The van der Waals surface area contributed by atoms with Crippen LogP contribution < -0.4 is 15.8 Å². The number of fused-ring (bicyclic) bond motifs is 1. The summed E-state index contributed by atoms with van der Waals surface area (Å²) in [4.78, 5) is 34.6. The van der Waals surface area contributed by atoms with Crippen molar-refractivity contribution in [1.29, 1.82) is 0 Å². The minimum atomic E-state index is -0.621. The molecule has 9 nitrogen and oxygen atoms in total. The van der Waals surface area contributed by atoms with Crippen LogP contribution >= 0.6 is 0 Å². The van der Waals surface area contributed by atoms with E-state index in [0.29, 0.717) is 11.3 Å².